The van der Waals surface area contributed by atoms with Crippen LogP contribution in [0, 0.1) is 5.82 Å². The molecule has 0 amide bonds. The Morgan fingerprint density at radius 3 is 2.77 bits per heavy atom. The van der Waals surface area contributed by atoms with Crippen LogP contribution in [0.5, 0.6) is 0 Å². The van der Waals surface area contributed by atoms with E-state index in [0.29, 0.717) is 5.56 Å². The second-order valence-electron chi connectivity index (χ2n) is 5.28. The number of carbonyl (C=O) groups is 1. The number of methoxy groups -OCH3 is 1. The fraction of sp³-hybridized carbons (Fsp3) is 0.500. The van der Waals surface area contributed by atoms with Crippen LogP contribution < -0.4 is 0 Å². The number of rotatable bonds is 6. The van der Waals surface area contributed by atoms with Gasteiger partial charge in [0.25, 0.3) is 0 Å². The van der Waals surface area contributed by atoms with Gasteiger partial charge in [0.1, 0.15) is 5.82 Å². The zero-order chi connectivity index (χ0) is 16.4. The van der Waals surface area contributed by atoms with E-state index in [4.69, 9.17) is 4.74 Å². The molecule has 0 aromatic heterocycles. The van der Waals surface area contributed by atoms with Gasteiger partial charge in [-0.15, -0.1) is 0 Å². The van der Waals surface area contributed by atoms with Crippen LogP contribution in [0.4, 0.5) is 4.39 Å². The second kappa shape index (κ2) is 6.31. The summed E-state index contributed by atoms with van der Waals surface area (Å²) in [5, 5.41) is 9.20. The van der Waals surface area contributed by atoms with Gasteiger partial charge in [0.05, 0.1) is 12.3 Å². The predicted octanol–water partition coefficient (Wildman–Crippen LogP) is 0.874. The van der Waals surface area contributed by atoms with Crippen LogP contribution >= 0.6 is 0 Å². The number of halogens is 1. The standard InChI is InChI=1S/C14H18FNO5S/c1-21-14(13(17)18)6-7-16(10-14)22(19,20)8-5-11-3-2-4-12(15)9-11/h2-4,9H,5-8,10H2,1H3,(H,17,18). The summed E-state index contributed by atoms with van der Waals surface area (Å²) in [7, 11) is -2.36. The molecule has 1 fully saturated rings. The van der Waals surface area contributed by atoms with Crippen molar-refractivity contribution in [2.75, 3.05) is 26.0 Å². The Hall–Kier alpha value is -1.51. The summed E-state index contributed by atoms with van der Waals surface area (Å²) in [5.74, 6) is -1.78. The molecule has 1 aliphatic heterocycles. The summed E-state index contributed by atoms with van der Waals surface area (Å²) in [6.45, 7) is -0.101. The molecular weight excluding hydrogens is 313 g/mol. The summed E-state index contributed by atoms with van der Waals surface area (Å²) in [6.07, 6.45) is 0.279. The number of hydrogen-bond donors (Lipinski definition) is 1. The first-order valence-electron chi connectivity index (χ1n) is 6.80. The first-order chi connectivity index (χ1) is 10.3. The summed E-state index contributed by atoms with van der Waals surface area (Å²) in [5.41, 5.74) is -0.898. The second-order valence-corrected chi connectivity index (χ2v) is 7.37. The van der Waals surface area contributed by atoms with Crippen molar-refractivity contribution in [1.82, 2.24) is 4.31 Å². The zero-order valence-corrected chi connectivity index (χ0v) is 13.0. The van der Waals surface area contributed by atoms with Crippen LogP contribution in [-0.2, 0) is 26.0 Å². The Bertz CT molecular complexity index is 663. The Balaban J connectivity index is 2.04. The van der Waals surface area contributed by atoms with Crippen molar-refractivity contribution in [3.05, 3.63) is 35.6 Å². The van der Waals surface area contributed by atoms with Gasteiger partial charge in [0.15, 0.2) is 5.60 Å². The average Bonchev–Trinajstić information content (AvgIpc) is 2.92. The molecule has 0 aliphatic carbocycles. The minimum atomic E-state index is -3.62. The van der Waals surface area contributed by atoms with Gasteiger partial charge in [-0.1, -0.05) is 12.1 Å². The number of sulfonamides is 1. The van der Waals surface area contributed by atoms with Crippen molar-refractivity contribution in [2.45, 2.75) is 18.4 Å². The first-order valence-corrected chi connectivity index (χ1v) is 8.41. The summed E-state index contributed by atoms with van der Waals surface area (Å²) >= 11 is 0. The molecule has 0 bridgehead atoms. The van der Waals surface area contributed by atoms with Crippen LogP contribution in [0.15, 0.2) is 24.3 Å². The lowest BCUT2D eigenvalue weighted by molar-refractivity contribution is -0.160. The summed E-state index contributed by atoms with van der Waals surface area (Å²) in [6, 6.07) is 5.75. The molecular formula is C14H18FNO5S. The minimum Gasteiger partial charge on any atom is -0.479 e. The number of ether oxygens (including phenoxy) is 1. The molecule has 8 heteroatoms. The SMILES string of the molecule is COC1(C(=O)O)CCN(S(=O)(=O)CCc2cccc(F)c2)C1. The van der Waals surface area contributed by atoms with Gasteiger partial charge in [-0.05, 0) is 24.1 Å². The van der Waals surface area contributed by atoms with Crippen molar-refractivity contribution < 1.29 is 27.4 Å². The van der Waals surface area contributed by atoms with Gasteiger partial charge in [-0.2, -0.15) is 4.31 Å². The number of carboxylic acid groups (broad SMARTS) is 1. The van der Waals surface area contributed by atoms with E-state index in [-0.39, 0.29) is 31.7 Å². The van der Waals surface area contributed by atoms with Crippen molar-refractivity contribution in [3.8, 4) is 0 Å². The van der Waals surface area contributed by atoms with E-state index < -0.39 is 27.4 Å². The average molecular weight is 331 g/mol. The quantitative estimate of drug-likeness (QED) is 0.836. The number of aliphatic carboxylic acids is 1. The van der Waals surface area contributed by atoms with E-state index in [1.807, 2.05) is 0 Å². The van der Waals surface area contributed by atoms with Gasteiger partial charge >= 0.3 is 5.97 Å². The molecule has 0 saturated carbocycles. The highest BCUT2D eigenvalue weighted by Gasteiger charge is 2.48. The molecule has 122 valence electrons. The number of nitrogens with zero attached hydrogens (tertiary/aromatic N) is 1. The lowest BCUT2D eigenvalue weighted by Crippen LogP contribution is -2.44. The maximum absolute atomic E-state index is 13.1. The third-order valence-corrected chi connectivity index (χ3v) is 5.73. The van der Waals surface area contributed by atoms with E-state index >= 15 is 0 Å². The molecule has 1 N–H and O–H groups in total. The van der Waals surface area contributed by atoms with E-state index in [0.717, 1.165) is 4.31 Å². The van der Waals surface area contributed by atoms with Gasteiger partial charge in [-0.25, -0.2) is 17.6 Å². The van der Waals surface area contributed by atoms with E-state index in [2.05, 4.69) is 0 Å². The van der Waals surface area contributed by atoms with Gasteiger partial charge in [0.2, 0.25) is 10.0 Å². The molecule has 6 nitrogen and oxygen atoms in total. The van der Waals surface area contributed by atoms with Crippen LogP contribution in [0.25, 0.3) is 0 Å². The van der Waals surface area contributed by atoms with Gasteiger partial charge in [-0.3, -0.25) is 0 Å². The van der Waals surface area contributed by atoms with E-state index in [1.165, 1.54) is 25.3 Å². The lowest BCUT2D eigenvalue weighted by Gasteiger charge is -2.23. The largest absolute Gasteiger partial charge is 0.479 e. The third kappa shape index (κ3) is 3.45. The van der Waals surface area contributed by atoms with Crippen LogP contribution in [0.2, 0.25) is 0 Å². The van der Waals surface area contributed by atoms with Crippen LogP contribution in [0.3, 0.4) is 0 Å². The van der Waals surface area contributed by atoms with Crippen LogP contribution in [-0.4, -0.2) is 55.4 Å². The maximum atomic E-state index is 13.1. The maximum Gasteiger partial charge on any atom is 0.337 e. The van der Waals surface area contributed by atoms with Crippen molar-refractivity contribution in [1.29, 1.82) is 0 Å². The molecule has 2 rings (SSSR count). The molecule has 1 atom stereocenters. The molecule has 1 aromatic rings. The smallest absolute Gasteiger partial charge is 0.337 e. The molecule has 0 radical (unpaired) electrons. The van der Waals surface area contributed by atoms with Crippen molar-refractivity contribution in [2.24, 2.45) is 0 Å². The first kappa shape index (κ1) is 16.9. The van der Waals surface area contributed by atoms with Crippen molar-refractivity contribution >= 4 is 16.0 Å². The Morgan fingerprint density at radius 2 is 2.23 bits per heavy atom. The fourth-order valence-corrected chi connectivity index (χ4v) is 4.01. The number of hydrogen-bond acceptors (Lipinski definition) is 4. The fourth-order valence-electron chi connectivity index (χ4n) is 2.48. The van der Waals surface area contributed by atoms with Gasteiger partial charge in [0, 0.05) is 20.1 Å². The monoisotopic (exact) mass is 331 g/mol. The van der Waals surface area contributed by atoms with Crippen LogP contribution in [0.1, 0.15) is 12.0 Å². The Kier molecular flexibility index (Phi) is 4.84. The molecule has 1 aromatic carbocycles. The summed E-state index contributed by atoms with van der Waals surface area (Å²) in [4.78, 5) is 11.3. The third-order valence-electron chi connectivity index (χ3n) is 3.91. The van der Waals surface area contributed by atoms with E-state index in [9.17, 15) is 22.7 Å². The molecule has 1 aliphatic rings. The molecule has 0 spiro atoms. The number of carboxylic acids is 1. The molecule has 22 heavy (non-hydrogen) atoms. The highest BCUT2D eigenvalue weighted by Crippen LogP contribution is 2.27. The number of aryl methyl sites for hydroxylation is 1. The lowest BCUT2D eigenvalue weighted by atomic mass is 10.0. The number of benzene rings is 1. The highest BCUT2D eigenvalue weighted by atomic mass is 32.2. The topological polar surface area (TPSA) is 83.9 Å². The normalized spacial score (nSPS) is 22.8. The predicted molar refractivity (Wildman–Crippen MR) is 77.5 cm³/mol. The zero-order valence-electron chi connectivity index (χ0n) is 12.2. The minimum absolute atomic E-state index is 0.103. The molecule has 1 unspecified atom stereocenters. The molecule has 1 saturated heterocycles. The van der Waals surface area contributed by atoms with Crippen molar-refractivity contribution in [3.63, 3.8) is 0 Å². The molecule has 1 heterocycles. The Labute approximate surface area is 128 Å². The van der Waals surface area contributed by atoms with E-state index in [1.54, 1.807) is 6.07 Å². The Morgan fingerprint density at radius 1 is 1.50 bits per heavy atom. The highest BCUT2D eigenvalue weighted by molar-refractivity contribution is 7.89. The summed E-state index contributed by atoms with van der Waals surface area (Å²) < 4.78 is 43.8. The van der Waals surface area contributed by atoms with Gasteiger partial charge < -0.3 is 9.84 Å².